The molecule has 146 valence electrons. The molecule has 3 rings (SSSR count). The molecule has 29 heavy (non-hydrogen) atoms. The van der Waals surface area contributed by atoms with Crippen molar-refractivity contribution in [2.45, 2.75) is 4.90 Å². The summed E-state index contributed by atoms with van der Waals surface area (Å²) in [6, 6.07) is 24.1. The second-order valence-corrected chi connectivity index (χ2v) is 7.63. The number of hydrogen-bond donors (Lipinski definition) is 2. The fraction of sp³-hybridized carbons (Fsp3) is 0.0476. The molecule has 2 N–H and O–H groups in total. The molecule has 7 nitrogen and oxygen atoms in total. The molecule has 0 aliphatic rings. The van der Waals surface area contributed by atoms with Gasteiger partial charge in [-0.25, -0.2) is 8.42 Å². The number of hydrazine groups is 1. The van der Waals surface area contributed by atoms with E-state index in [2.05, 4.69) is 5.43 Å². The number of nitrogens with one attached hydrogen (secondary N) is 2. The number of carbonyl (C=O) groups is 1. The summed E-state index contributed by atoms with van der Waals surface area (Å²) in [6.45, 7) is -0.384. The Kier molecular flexibility index (Phi) is 6.24. The van der Waals surface area contributed by atoms with Gasteiger partial charge in [-0.1, -0.05) is 54.6 Å². The SMILES string of the molecule is N#Cc1cccc(S(=O)(=O)NNC(=O)COc2ccccc2-c2ccccc2)c1. The van der Waals surface area contributed by atoms with Gasteiger partial charge in [-0.3, -0.25) is 10.2 Å². The van der Waals surface area contributed by atoms with Gasteiger partial charge in [0.05, 0.1) is 16.5 Å². The standard InChI is InChI=1S/C21H17N3O4S/c22-14-16-7-6-10-18(13-16)29(26,27)24-23-21(25)15-28-20-12-5-4-11-19(20)17-8-2-1-3-9-17/h1-13,24H,15H2,(H,23,25). The topological polar surface area (TPSA) is 108 Å². The summed E-state index contributed by atoms with van der Waals surface area (Å²) in [6.07, 6.45) is 0. The number of sulfonamides is 1. The molecule has 8 heteroatoms. The maximum absolute atomic E-state index is 12.2. The number of hydrogen-bond acceptors (Lipinski definition) is 5. The van der Waals surface area contributed by atoms with E-state index in [0.717, 1.165) is 11.1 Å². The molecule has 0 saturated carbocycles. The highest BCUT2D eigenvalue weighted by Gasteiger charge is 2.16. The maximum atomic E-state index is 12.2. The number of carbonyl (C=O) groups excluding carboxylic acids is 1. The monoisotopic (exact) mass is 407 g/mol. The van der Waals surface area contributed by atoms with E-state index in [4.69, 9.17) is 10.00 Å². The summed E-state index contributed by atoms with van der Waals surface area (Å²) in [5, 5.41) is 8.88. The number of benzene rings is 3. The van der Waals surface area contributed by atoms with Crippen LogP contribution in [0.3, 0.4) is 0 Å². The van der Waals surface area contributed by atoms with Crippen molar-refractivity contribution in [3.05, 3.63) is 84.4 Å². The molecule has 0 unspecified atom stereocenters. The van der Waals surface area contributed by atoms with E-state index in [1.54, 1.807) is 12.1 Å². The van der Waals surface area contributed by atoms with Crippen LogP contribution in [0.25, 0.3) is 11.1 Å². The van der Waals surface area contributed by atoms with Gasteiger partial charge in [0.1, 0.15) is 5.75 Å². The Bertz CT molecular complexity index is 1160. The van der Waals surface area contributed by atoms with Crippen LogP contribution in [0.5, 0.6) is 5.75 Å². The minimum absolute atomic E-state index is 0.132. The summed E-state index contributed by atoms with van der Waals surface area (Å²) >= 11 is 0. The lowest BCUT2D eigenvalue weighted by molar-refractivity contribution is -0.123. The molecule has 3 aromatic carbocycles. The number of para-hydroxylation sites is 1. The first-order chi connectivity index (χ1) is 14.0. The Morgan fingerprint density at radius 2 is 1.69 bits per heavy atom. The molecule has 0 saturated heterocycles. The van der Waals surface area contributed by atoms with Crippen LogP contribution in [0.1, 0.15) is 5.56 Å². The molecule has 0 spiro atoms. The Hall–Kier alpha value is -3.67. The zero-order valence-electron chi connectivity index (χ0n) is 15.2. The fourth-order valence-corrected chi connectivity index (χ4v) is 3.45. The minimum atomic E-state index is -4.01. The van der Waals surface area contributed by atoms with Crippen molar-refractivity contribution in [1.29, 1.82) is 5.26 Å². The van der Waals surface area contributed by atoms with E-state index in [-0.39, 0.29) is 17.1 Å². The molecule has 0 aromatic heterocycles. The molecule has 0 fully saturated rings. The van der Waals surface area contributed by atoms with Crippen molar-refractivity contribution in [3.63, 3.8) is 0 Å². The van der Waals surface area contributed by atoms with E-state index in [1.165, 1.54) is 24.3 Å². The number of nitriles is 1. The van der Waals surface area contributed by atoms with Crippen LogP contribution in [-0.4, -0.2) is 20.9 Å². The lowest BCUT2D eigenvalue weighted by atomic mass is 10.1. The largest absolute Gasteiger partial charge is 0.483 e. The van der Waals surface area contributed by atoms with Gasteiger partial charge in [-0.05, 0) is 29.8 Å². The molecule has 0 aliphatic heterocycles. The van der Waals surface area contributed by atoms with Crippen LogP contribution in [-0.2, 0) is 14.8 Å². The van der Waals surface area contributed by atoms with E-state index in [1.807, 2.05) is 53.4 Å². The van der Waals surface area contributed by atoms with E-state index < -0.39 is 15.9 Å². The maximum Gasteiger partial charge on any atom is 0.272 e. The van der Waals surface area contributed by atoms with Crippen molar-refractivity contribution in [2.24, 2.45) is 0 Å². The number of nitrogens with zero attached hydrogens (tertiary/aromatic N) is 1. The first kappa shape index (κ1) is 20.1. The summed E-state index contributed by atoms with van der Waals surface area (Å²) in [4.78, 5) is 13.9. The Morgan fingerprint density at radius 1 is 0.966 bits per heavy atom. The average molecular weight is 407 g/mol. The van der Waals surface area contributed by atoms with Gasteiger partial charge in [0.15, 0.2) is 6.61 Å². The molecule has 3 aromatic rings. The summed E-state index contributed by atoms with van der Waals surface area (Å²) in [7, 11) is -4.01. The Labute approximate surface area is 168 Å². The predicted octanol–water partition coefficient (Wildman–Crippen LogP) is 2.61. The molecule has 0 aliphatic carbocycles. The fourth-order valence-electron chi connectivity index (χ4n) is 2.54. The van der Waals surface area contributed by atoms with Crippen LogP contribution < -0.4 is 15.0 Å². The second kappa shape index (κ2) is 9.01. The van der Waals surface area contributed by atoms with Crippen LogP contribution >= 0.6 is 0 Å². The highest BCUT2D eigenvalue weighted by atomic mass is 32.2. The quantitative estimate of drug-likeness (QED) is 0.585. The van der Waals surface area contributed by atoms with Gasteiger partial charge in [0, 0.05) is 5.56 Å². The molecule has 0 bridgehead atoms. The molecule has 0 radical (unpaired) electrons. The predicted molar refractivity (Wildman–Crippen MR) is 107 cm³/mol. The third-order valence-corrected chi connectivity index (χ3v) is 5.17. The molecule has 0 atom stereocenters. The highest BCUT2D eigenvalue weighted by Crippen LogP contribution is 2.29. The van der Waals surface area contributed by atoms with Gasteiger partial charge in [0.25, 0.3) is 15.9 Å². The van der Waals surface area contributed by atoms with Crippen LogP contribution in [0, 0.1) is 11.3 Å². The summed E-state index contributed by atoms with van der Waals surface area (Å²) < 4.78 is 30.1. The number of ether oxygens (including phenoxy) is 1. The van der Waals surface area contributed by atoms with Crippen LogP contribution in [0.2, 0.25) is 0 Å². The smallest absolute Gasteiger partial charge is 0.272 e. The van der Waals surface area contributed by atoms with Gasteiger partial charge < -0.3 is 4.74 Å². The Morgan fingerprint density at radius 3 is 2.45 bits per heavy atom. The number of rotatable bonds is 7. The summed E-state index contributed by atoms with van der Waals surface area (Å²) in [5.74, 6) is -0.175. The summed E-state index contributed by atoms with van der Waals surface area (Å²) in [5.41, 5.74) is 4.04. The molecular weight excluding hydrogens is 390 g/mol. The third-order valence-electron chi connectivity index (χ3n) is 3.93. The normalized spacial score (nSPS) is 10.7. The Balaban J connectivity index is 1.62. The molecule has 0 heterocycles. The van der Waals surface area contributed by atoms with Crippen molar-refractivity contribution in [1.82, 2.24) is 10.3 Å². The van der Waals surface area contributed by atoms with Crippen LogP contribution in [0.15, 0.2) is 83.8 Å². The van der Waals surface area contributed by atoms with Crippen LogP contribution in [0.4, 0.5) is 0 Å². The second-order valence-electron chi connectivity index (χ2n) is 5.94. The van der Waals surface area contributed by atoms with Gasteiger partial charge in [-0.2, -0.15) is 5.26 Å². The van der Waals surface area contributed by atoms with Crippen molar-refractivity contribution < 1.29 is 17.9 Å². The van der Waals surface area contributed by atoms with Crippen molar-refractivity contribution in [3.8, 4) is 22.9 Å². The zero-order chi connectivity index (χ0) is 20.7. The lowest BCUT2D eigenvalue weighted by Crippen LogP contribution is -2.43. The van der Waals surface area contributed by atoms with Gasteiger partial charge in [0.2, 0.25) is 0 Å². The average Bonchev–Trinajstić information content (AvgIpc) is 2.77. The van der Waals surface area contributed by atoms with Gasteiger partial charge in [-0.15, -0.1) is 4.83 Å². The van der Waals surface area contributed by atoms with E-state index in [0.29, 0.717) is 5.75 Å². The minimum Gasteiger partial charge on any atom is -0.483 e. The van der Waals surface area contributed by atoms with E-state index in [9.17, 15) is 13.2 Å². The molecule has 1 amide bonds. The zero-order valence-corrected chi connectivity index (χ0v) is 16.0. The van der Waals surface area contributed by atoms with Gasteiger partial charge >= 0.3 is 0 Å². The van der Waals surface area contributed by atoms with Crippen molar-refractivity contribution >= 4 is 15.9 Å². The highest BCUT2D eigenvalue weighted by molar-refractivity contribution is 7.89. The first-order valence-electron chi connectivity index (χ1n) is 8.58. The molecular formula is C21H17N3O4S. The lowest BCUT2D eigenvalue weighted by Gasteiger charge is -2.12. The first-order valence-corrected chi connectivity index (χ1v) is 10.1. The van der Waals surface area contributed by atoms with Crippen molar-refractivity contribution in [2.75, 3.05) is 6.61 Å². The number of amides is 1. The van der Waals surface area contributed by atoms with E-state index >= 15 is 0 Å². The third kappa shape index (κ3) is 5.19.